The summed E-state index contributed by atoms with van der Waals surface area (Å²) >= 11 is 0. The minimum Gasteiger partial charge on any atom is -0.469 e. The van der Waals surface area contributed by atoms with Crippen molar-refractivity contribution in [1.29, 1.82) is 0 Å². The molecule has 1 aliphatic rings. The fourth-order valence-electron chi connectivity index (χ4n) is 2.78. The van der Waals surface area contributed by atoms with Gasteiger partial charge in [0.15, 0.2) is 5.96 Å². The lowest BCUT2D eigenvalue weighted by atomic mass is 10.3. The van der Waals surface area contributed by atoms with Gasteiger partial charge in [0, 0.05) is 46.2 Å². The molecule has 26 heavy (non-hydrogen) atoms. The van der Waals surface area contributed by atoms with Crippen LogP contribution >= 0.6 is 0 Å². The Bertz CT molecular complexity index is 650. The highest BCUT2D eigenvalue weighted by Crippen LogP contribution is 2.09. The van der Waals surface area contributed by atoms with Gasteiger partial charge in [-0.1, -0.05) is 0 Å². The lowest BCUT2D eigenvalue weighted by Gasteiger charge is -2.35. The van der Waals surface area contributed by atoms with Gasteiger partial charge in [-0.25, -0.2) is 8.42 Å². The largest absolute Gasteiger partial charge is 0.469 e. The molecular formula is C17H30N4O4S. The van der Waals surface area contributed by atoms with Gasteiger partial charge >= 0.3 is 0 Å². The van der Waals surface area contributed by atoms with Crippen molar-refractivity contribution in [3.8, 4) is 0 Å². The third kappa shape index (κ3) is 6.30. The zero-order valence-corrected chi connectivity index (χ0v) is 16.7. The van der Waals surface area contributed by atoms with Crippen LogP contribution in [0.5, 0.6) is 0 Å². The Morgan fingerprint density at radius 2 is 2.08 bits per heavy atom. The molecule has 148 valence electrons. The van der Waals surface area contributed by atoms with E-state index in [1.54, 1.807) is 17.6 Å². The summed E-state index contributed by atoms with van der Waals surface area (Å²) in [6.45, 7) is 6.90. The molecule has 0 radical (unpaired) electrons. The molecule has 1 fully saturated rings. The van der Waals surface area contributed by atoms with Gasteiger partial charge in [-0.05, 0) is 26.0 Å². The number of furan rings is 1. The van der Waals surface area contributed by atoms with Crippen molar-refractivity contribution in [2.24, 2.45) is 4.99 Å². The molecule has 0 atom stereocenters. The maximum Gasteiger partial charge on any atom is 0.216 e. The predicted octanol–water partition coefficient (Wildman–Crippen LogP) is 0.770. The van der Waals surface area contributed by atoms with Crippen molar-refractivity contribution in [2.75, 3.05) is 52.1 Å². The molecule has 0 spiro atoms. The minimum atomic E-state index is -3.27. The first-order valence-corrected chi connectivity index (χ1v) is 10.6. The molecule has 8 nitrogen and oxygen atoms in total. The number of aliphatic imine (C=N–C) groups is 1. The number of ether oxygens (including phenoxy) is 1. The molecule has 2 heterocycles. The first kappa shape index (κ1) is 20.7. The van der Waals surface area contributed by atoms with Crippen LogP contribution in [-0.4, -0.2) is 81.8 Å². The number of nitrogens with zero attached hydrogens (tertiary/aromatic N) is 3. The molecule has 0 aliphatic carbocycles. The van der Waals surface area contributed by atoms with Crippen molar-refractivity contribution >= 4 is 16.0 Å². The second-order valence-electron chi connectivity index (χ2n) is 6.43. The molecule has 1 aliphatic heterocycles. The number of rotatable bonds is 8. The quantitative estimate of drug-likeness (QED) is 0.525. The van der Waals surface area contributed by atoms with Crippen molar-refractivity contribution in [3.63, 3.8) is 0 Å². The highest BCUT2D eigenvalue weighted by Gasteiger charge is 2.27. The summed E-state index contributed by atoms with van der Waals surface area (Å²) in [7, 11) is -1.53. The molecule has 1 saturated heterocycles. The number of sulfonamides is 1. The molecular weight excluding hydrogens is 356 g/mol. The molecule has 0 aromatic carbocycles. The van der Waals surface area contributed by atoms with Crippen molar-refractivity contribution in [2.45, 2.75) is 26.4 Å². The van der Waals surface area contributed by atoms with E-state index in [0.29, 0.717) is 32.7 Å². The zero-order chi connectivity index (χ0) is 19.0. The second-order valence-corrected chi connectivity index (χ2v) is 8.51. The summed E-state index contributed by atoms with van der Waals surface area (Å²) < 4.78 is 37.0. The highest BCUT2D eigenvalue weighted by molar-refractivity contribution is 7.89. The monoisotopic (exact) mass is 386 g/mol. The average Bonchev–Trinajstić information content (AvgIpc) is 3.12. The first-order valence-electron chi connectivity index (χ1n) is 9.00. The van der Waals surface area contributed by atoms with Crippen LogP contribution in [0.25, 0.3) is 0 Å². The Morgan fingerprint density at radius 3 is 2.65 bits per heavy atom. The van der Waals surface area contributed by atoms with E-state index in [1.165, 1.54) is 0 Å². The highest BCUT2D eigenvalue weighted by atomic mass is 32.2. The third-order valence-corrected chi connectivity index (χ3v) is 6.00. The van der Waals surface area contributed by atoms with E-state index in [0.717, 1.165) is 18.1 Å². The predicted molar refractivity (Wildman–Crippen MR) is 102 cm³/mol. The minimum absolute atomic E-state index is 0.0291. The maximum absolute atomic E-state index is 12.4. The van der Waals surface area contributed by atoms with E-state index >= 15 is 0 Å². The Kier molecular flexibility index (Phi) is 7.92. The van der Waals surface area contributed by atoms with E-state index in [9.17, 15) is 8.42 Å². The van der Waals surface area contributed by atoms with Gasteiger partial charge in [0.2, 0.25) is 10.0 Å². The normalized spacial score (nSPS) is 17.1. The lowest BCUT2D eigenvalue weighted by Crippen LogP contribution is -2.54. The van der Waals surface area contributed by atoms with E-state index < -0.39 is 10.0 Å². The van der Waals surface area contributed by atoms with Gasteiger partial charge < -0.3 is 19.4 Å². The molecule has 0 unspecified atom stereocenters. The topological polar surface area (TPSA) is 87.4 Å². The molecule has 2 rings (SSSR count). The molecule has 1 aromatic rings. The fraction of sp³-hybridized carbons (Fsp3) is 0.706. The summed E-state index contributed by atoms with van der Waals surface area (Å²) in [4.78, 5) is 6.38. The molecule has 1 N–H and O–H groups in total. The second kappa shape index (κ2) is 9.94. The Labute approximate surface area is 156 Å². The van der Waals surface area contributed by atoms with Crippen molar-refractivity contribution < 1.29 is 17.6 Å². The Balaban J connectivity index is 1.76. The van der Waals surface area contributed by atoms with E-state index in [1.807, 2.05) is 26.0 Å². The summed E-state index contributed by atoms with van der Waals surface area (Å²) in [5.41, 5.74) is 0. The van der Waals surface area contributed by atoms with Crippen LogP contribution in [0.2, 0.25) is 0 Å². The smallest absolute Gasteiger partial charge is 0.216 e. The van der Waals surface area contributed by atoms with Crippen LogP contribution in [0.1, 0.15) is 19.6 Å². The number of hydrogen-bond acceptors (Lipinski definition) is 5. The Morgan fingerprint density at radius 1 is 1.35 bits per heavy atom. The van der Waals surface area contributed by atoms with Gasteiger partial charge in [0.25, 0.3) is 0 Å². The third-order valence-electron chi connectivity index (χ3n) is 4.17. The lowest BCUT2D eigenvalue weighted by molar-refractivity contribution is 0.0904. The fourth-order valence-corrected chi connectivity index (χ4v) is 4.07. The van der Waals surface area contributed by atoms with Crippen LogP contribution in [0.4, 0.5) is 0 Å². The summed E-state index contributed by atoms with van der Waals surface area (Å²) in [6.07, 6.45) is 2.48. The van der Waals surface area contributed by atoms with Gasteiger partial charge in [-0.2, -0.15) is 4.31 Å². The van der Waals surface area contributed by atoms with Gasteiger partial charge in [0.05, 0.1) is 24.7 Å². The van der Waals surface area contributed by atoms with E-state index in [4.69, 9.17) is 9.15 Å². The summed E-state index contributed by atoms with van der Waals surface area (Å²) in [6, 6.07) is 3.81. The van der Waals surface area contributed by atoms with Crippen LogP contribution in [0.15, 0.2) is 27.8 Å². The average molecular weight is 387 g/mol. The van der Waals surface area contributed by atoms with Crippen LogP contribution in [-0.2, 0) is 21.2 Å². The number of nitrogens with one attached hydrogen (secondary N) is 1. The van der Waals surface area contributed by atoms with Gasteiger partial charge in [-0.3, -0.25) is 4.99 Å². The molecule has 1 aromatic heterocycles. The first-order chi connectivity index (χ1) is 12.4. The van der Waals surface area contributed by atoms with Crippen LogP contribution < -0.4 is 5.32 Å². The van der Waals surface area contributed by atoms with Crippen molar-refractivity contribution in [3.05, 3.63) is 24.2 Å². The Hall–Kier alpha value is -1.58. The van der Waals surface area contributed by atoms with Crippen LogP contribution in [0.3, 0.4) is 0 Å². The zero-order valence-electron chi connectivity index (χ0n) is 15.8. The summed E-state index contributed by atoms with van der Waals surface area (Å²) in [5.74, 6) is 1.74. The van der Waals surface area contributed by atoms with E-state index in [2.05, 4.69) is 15.2 Å². The maximum atomic E-state index is 12.4. The standard InChI is InChI=1S/C17H30N4O4S/c1-15(2)24-13-14-26(22,23)21-10-8-20(9-11-21)17(18-3)19-7-6-16-5-4-12-25-16/h4-5,12,15H,6-11,13-14H2,1-3H3,(H,18,19). The summed E-state index contributed by atoms with van der Waals surface area (Å²) in [5, 5.41) is 3.31. The van der Waals surface area contributed by atoms with Gasteiger partial charge in [0.1, 0.15) is 5.76 Å². The van der Waals surface area contributed by atoms with Crippen LogP contribution in [0, 0.1) is 0 Å². The SMILES string of the molecule is CN=C(NCCc1ccco1)N1CCN(S(=O)(=O)CCOC(C)C)CC1. The molecule has 0 saturated carbocycles. The molecule has 0 bridgehead atoms. The molecule has 9 heteroatoms. The number of hydrogen-bond donors (Lipinski definition) is 1. The van der Waals surface area contributed by atoms with Crippen molar-refractivity contribution in [1.82, 2.24) is 14.5 Å². The number of guanidine groups is 1. The van der Waals surface area contributed by atoms with E-state index in [-0.39, 0.29) is 18.5 Å². The molecule has 0 amide bonds. The number of piperazine rings is 1. The van der Waals surface area contributed by atoms with Gasteiger partial charge in [-0.15, -0.1) is 0 Å².